The van der Waals surface area contributed by atoms with Crippen LogP contribution in [0.15, 0.2) is 79.0 Å². The van der Waals surface area contributed by atoms with Crippen LogP contribution in [-0.2, 0) is 17.8 Å². The summed E-state index contributed by atoms with van der Waals surface area (Å²) in [5.74, 6) is 1.000. The minimum atomic E-state index is -0.0327. The maximum atomic E-state index is 12.2. The third kappa shape index (κ3) is 5.45. The first kappa shape index (κ1) is 20.1. The summed E-state index contributed by atoms with van der Waals surface area (Å²) in [4.78, 5) is 18.8. The predicted octanol–water partition coefficient (Wildman–Crippen LogP) is 3.77. The zero-order valence-electron chi connectivity index (χ0n) is 17.0. The molecule has 1 N–H and O–H groups in total. The Balaban J connectivity index is 1.34. The van der Waals surface area contributed by atoms with E-state index in [9.17, 15) is 4.79 Å². The Hall–Kier alpha value is -3.18. The Kier molecular flexibility index (Phi) is 6.72. The van der Waals surface area contributed by atoms with Gasteiger partial charge in [0.05, 0.1) is 0 Å². The van der Waals surface area contributed by atoms with Crippen molar-refractivity contribution in [1.29, 1.82) is 0 Å². The highest BCUT2D eigenvalue weighted by atomic mass is 16.5. The molecule has 2 heterocycles. The van der Waals surface area contributed by atoms with Crippen LogP contribution in [0.4, 0.5) is 0 Å². The zero-order valence-corrected chi connectivity index (χ0v) is 17.0. The van der Waals surface area contributed by atoms with Crippen LogP contribution in [0, 0.1) is 0 Å². The smallest absolute Gasteiger partial charge is 0.220 e. The molecule has 1 amide bonds. The number of hydrogen-bond acceptors (Lipinski definition) is 4. The molecule has 1 aromatic heterocycles. The second kappa shape index (κ2) is 10.0. The minimum absolute atomic E-state index is 0.0327. The van der Waals surface area contributed by atoms with Gasteiger partial charge in [0.15, 0.2) is 0 Å². The van der Waals surface area contributed by atoms with E-state index in [-0.39, 0.29) is 12.0 Å². The molecule has 5 heteroatoms. The number of benzene rings is 2. The maximum Gasteiger partial charge on any atom is 0.220 e. The van der Waals surface area contributed by atoms with Gasteiger partial charge in [0, 0.05) is 50.1 Å². The van der Waals surface area contributed by atoms with E-state index in [1.54, 1.807) is 6.20 Å². The summed E-state index contributed by atoms with van der Waals surface area (Å²) < 4.78 is 6.35. The number of rotatable bonds is 7. The van der Waals surface area contributed by atoms with E-state index >= 15 is 0 Å². The summed E-state index contributed by atoms with van der Waals surface area (Å²) >= 11 is 0. The molecule has 1 atom stereocenters. The SMILES string of the molecule is O=C(CCc1ccccn1)NCCN1Cc2ccccc2OC(c2ccccc2)C1. The lowest BCUT2D eigenvalue weighted by Crippen LogP contribution is -2.36. The van der Waals surface area contributed by atoms with Gasteiger partial charge in [-0.15, -0.1) is 0 Å². The number of fused-ring (bicyclic) bond motifs is 1. The molecule has 0 bridgehead atoms. The highest BCUT2D eigenvalue weighted by molar-refractivity contribution is 5.76. The number of nitrogens with zero attached hydrogens (tertiary/aromatic N) is 2. The van der Waals surface area contributed by atoms with Crippen LogP contribution in [0.3, 0.4) is 0 Å². The maximum absolute atomic E-state index is 12.2. The third-order valence-electron chi connectivity index (χ3n) is 5.32. The lowest BCUT2D eigenvalue weighted by Gasteiger charge is -2.24. The van der Waals surface area contributed by atoms with Crippen molar-refractivity contribution < 1.29 is 9.53 Å². The number of ether oxygens (including phenoxy) is 1. The molecule has 4 rings (SSSR count). The molecule has 0 saturated heterocycles. The van der Waals surface area contributed by atoms with Gasteiger partial charge in [-0.2, -0.15) is 0 Å². The molecule has 1 aliphatic rings. The summed E-state index contributed by atoms with van der Waals surface area (Å²) in [5.41, 5.74) is 3.29. The Morgan fingerprint density at radius 3 is 2.67 bits per heavy atom. The van der Waals surface area contributed by atoms with Gasteiger partial charge < -0.3 is 10.1 Å². The van der Waals surface area contributed by atoms with Gasteiger partial charge in [0.2, 0.25) is 5.91 Å². The average molecular weight is 402 g/mol. The second-order valence-electron chi connectivity index (χ2n) is 7.53. The Labute approximate surface area is 177 Å². The zero-order chi connectivity index (χ0) is 20.6. The topological polar surface area (TPSA) is 54.5 Å². The molecule has 2 aromatic carbocycles. The van der Waals surface area contributed by atoms with Crippen LogP contribution in [-0.4, -0.2) is 35.4 Å². The molecule has 1 aliphatic heterocycles. The number of carbonyl (C=O) groups excluding carboxylic acids is 1. The van der Waals surface area contributed by atoms with Crippen molar-refractivity contribution in [2.75, 3.05) is 19.6 Å². The first-order chi connectivity index (χ1) is 14.8. The standard InChI is InChI=1S/C25H27N3O2/c29-25(14-13-22-11-6-7-15-26-22)27-16-17-28-18-21-10-4-5-12-23(21)30-24(19-28)20-8-2-1-3-9-20/h1-12,15,24H,13-14,16-19H2,(H,27,29). The van der Waals surface area contributed by atoms with Gasteiger partial charge >= 0.3 is 0 Å². The fraction of sp³-hybridized carbons (Fsp3) is 0.280. The van der Waals surface area contributed by atoms with E-state index in [1.807, 2.05) is 54.6 Å². The fourth-order valence-corrected chi connectivity index (χ4v) is 3.72. The van der Waals surface area contributed by atoms with Crippen LogP contribution in [0.5, 0.6) is 5.75 Å². The van der Waals surface area contributed by atoms with Crippen molar-refractivity contribution in [1.82, 2.24) is 15.2 Å². The van der Waals surface area contributed by atoms with Crippen molar-refractivity contribution in [3.05, 3.63) is 95.8 Å². The van der Waals surface area contributed by atoms with Crippen LogP contribution in [0.1, 0.15) is 29.3 Å². The first-order valence-corrected chi connectivity index (χ1v) is 10.5. The second-order valence-corrected chi connectivity index (χ2v) is 7.53. The minimum Gasteiger partial charge on any atom is -0.484 e. The van der Waals surface area contributed by atoms with Crippen molar-refractivity contribution >= 4 is 5.91 Å². The van der Waals surface area contributed by atoms with Gasteiger partial charge in [-0.05, 0) is 30.2 Å². The highest BCUT2D eigenvalue weighted by Gasteiger charge is 2.23. The van der Waals surface area contributed by atoms with Crippen LogP contribution in [0.2, 0.25) is 0 Å². The molecule has 3 aromatic rings. The van der Waals surface area contributed by atoms with Crippen molar-refractivity contribution in [2.24, 2.45) is 0 Å². The van der Waals surface area contributed by atoms with Gasteiger partial charge in [0.1, 0.15) is 11.9 Å². The quantitative estimate of drug-likeness (QED) is 0.655. The Bertz CT molecular complexity index is 947. The lowest BCUT2D eigenvalue weighted by atomic mass is 10.1. The van der Waals surface area contributed by atoms with E-state index in [4.69, 9.17) is 4.74 Å². The Morgan fingerprint density at radius 1 is 1.03 bits per heavy atom. The number of pyridine rings is 1. The molecule has 5 nitrogen and oxygen atoms in total. The summed E-state index contributed by atoms with van der Waals surface area (Å²) in [5, 5.41) is 3.05. The van der Waals surface area contributed by atoms with Crippen LogP contribution in [0.25, 0.3) is 0 Å². The number of aryl methyl sites for hydroxylation is 1. The summed E-state index contributed by atoms with van der Waals surface area (Å²) in [7, 11) is 0. The molecule has 0 spiro atoms. The Morgan fingerprint density at radius 2 is 1.83 bits per heavy atom. The van der Waals surface area contributed by atoms with E-state index < -0.39 is 0 Å². The first-order valence-electron chi connectivity index (χ1n) is 10.5. The van der Waals surface area contributed by atoms with E-state index in [2.05, 4.69) is 33.4 Å². The fourth-order valence-electron chi connectivity index (χ4n) is 3.72. The summed E-state index contributed by atoms with van der Waals surface area (Å²) in [6.07, 6.45) is 2.84. The molecule has 154 valence electrons. The predicted molar refractivity (Wildman–Crippen MR) is 117 cm³/mol. The van der Waals surface area contributed by atoms with E-state index in [1.165, 1.54) is 11.1 Å². The number of aromatic nitrogens is 1. The molecule has 30 heavy (non-hydrogen) atoms. The summed E-state index contributed by atoms with van der Waals surface area (Å²) in [6.45, 7) is 2.98. The highest BCUT2D eigenvalue weighted by Crippen LogP contribution is 2.30. The molecular formula is C25H27N3O2. The molecule has 0 fully saturated rings. The number of nitrogens with one attached hydrogen (secondary N) is 1. The molecular weight excluding hydrogens is 374 g/mol. The number of para-hydroxylation sites is 1. The largest absolute Gasteiger partial charge is 0.484 e. The summed E-state index contributed by atoms with van der Waals surface area (Å²) in [6, 6.07) is 24.3. The average Bonchev–Trinajstić information content (AvgIpc) is 2.98. The van der Waals surface area contributed by atoms with Gasteiger partial charge in [-0.3, -0.25) is 14.7 Å². The van der Waals surface area contributed by atoms with Crippen molar-refractivity contribution in [2.45, 2.75) is 25.5 Å². The number of amides is 1. The monoisotopic (exact) mass is 401 g/mol. The van der Waals surface area contributed by atoms with Gasteiger partial charge in [-0.1, -0.05) is 54.6 Å². The van der Waals surface area contributed by atoms with Crippen molar-refractivity contribution in [3.8, 4) is 5.75 Å². The number of hydrogen-bond donors (Lipinski definition) is 1. The molecule has 0 radical (unpaired) electrons. The van der Waals surface area contributed by atoms with Crippen LogP contribution < -0.4 is 10.1 Å². The van der Waals surface area contributed by atoms with Crippen LogP contribution >= 0.6 is 0 Å². The van der Waals surface area contributed by atoms with Crippen molar-refractivity contribution in [3.63, 3.8) is 0 Å². The van der Waals surface area contributed by atoms with Gasteiger partial charge in [-0.25, -0.2) is 0 Å². The lowest BCUT2D eigenvalue weighted by molar-refractivity contribution is -0.121. The molecule has 1 unspecified atom stereocenters. The van der Waals surface area contributed by atoms with Gasteiger partial charge in [0.25, 0.3) is 0 Å². The molecule has 0 aliphatic carbocycles. The van der Waals surface area contributed by atoms with E-state index in [0.717, 1.165) is 31.1 Å². The normalized spacial score (nSPS) is 16.2. The number of carbonyl (C=O) groups is 1. The van der Waals surface area contributed by atoms with E-state index in [0.29, 0.717) is 19.4 Å². The molecule has 0 saturated carbocycles. The third-order valence-corrected chi connectivity index (χ3v) is 5.32.